The Kier molecular flexibility index (Phi) is 4.23. The van der Waals surface area contributed by atoms with E-state index in [-0.39, 0.29) is 11.8 Å². The highest BCUT2D eigenvalue weighted by Gasteiger charge is 2.47. The van der Waals surface area contributed by atoms with Crippen molar-refractivity contribution in [1.82, 2.24) is 19.8 Å². The number of aromatic nitrogens is 2. The standard InChI is InChI=1S/C28H22N4O2/c1-15-9-11-19(23-17(15)7-5-13-29-23)25-21-22(28(34)31(25)3)26(32(4)27(21)33)20-12-10-16(2)18-8-6-14-30-24(18)20/h5-14H,1-4H3. The number of carbonyl (C=O) groups excluding carboxylic acids is 2. The third kappa shape index (κ3) is 2.56. The van der Waals surface area contributed by atoms with Crippen molar-refractivity contribution in [2.75, 3.05) is 14.1 Å². The third-order valence-electron chi connectivity index (χ3n) is 6.92. The first-order valence-corrected chi connectivity index (χ1v) is 11.1. The first-order valence-electron chi connectivity index (χ1n) is 11.1. The Hall–Kier alpha value is -4.32. The van der Waals surface area contributed by atoms with E-state index < -0.39 is 0 Å². The van der Waals surface area contributed by atoms with Crippen molar-refractivity contribution in [3.63, 3.8) is 0 Å². The highest BCUT2D eigenvalue weighted by atomic mass is 16.2. The molecule has 2 amide bonds. The zero-order valence-electron chi connectivity index (χ0n) is 19.4. The fraction of sp³-hybridized carbons (Fsp3) is 0.143. The van der Waals surface area contributed by atoms with Gasteiger partial charge in [-0.2, -0.15) is 0 Å². The van der Waals surface area contributed by atoms with Crippen molar-refractivity contribution >= 4 is 45.0 Å². The van der Waals surface area contributed by atoms with Gasteiger partial charge in [0.25, 0.3) is 11.8 Å². The molecule has 6 heteroatoms. The maximum absolute atomic E-state index is 13.7. The molecule has 0 fully saturated rings. The lowest BCUT2D eigenvalue weighted by Gasteiger charge is -2.21. The number of hydrogen-bond acceptors (Lipinski definition) is 4. The first kappa shape index (κ1) is 20.3. The lowest BCUT2D eigenvalue weighted by Crippen LogP contribution is -2.25. The normalized spacial score (nSPS) is 16.0. The molecule has 0 atom stereocenters. The summed E-state index contributed by atoms with van der Waals surface area (Å²) >= 11 is 0. The molecule has 6 rings (SSSR count). The minimum absolute atomic E-state index is 0.202. The van der Waals surface area contributed by atoms with Crippen molar-refractivity contribution in [3.05, 3.63) is 94.3 Å². The molecule has 34 heavy (non-hydrogen) atoms. The second-order valence-electron chi connectivity index (χ2n) is 8.83. The SMILES string of the molecule is Cc1ccc(C2=C3C(=O)N(C)C(c4ccc(C)c5cccnc45)=C3C(=O)N2C)c2ncccc12. The fourth-order valence-corrected chi connectivity index (χ4v) is 5.17. The van der Waals surface area contributed by atoms with Crippen LogP contribution in [0.2, 0.25) is 0 Å². The summed E-state index contributed by atoms with van der Waals surface area (Å²) in [6.45, 7) is 4.06. The summed E-state index contributed by atoms with van der Waals surface area (Å²) in [6, 6.07) is 15.7. The van der Waals surface area contributed by atoms with Crippen LogP contribution in [0.4, 0.5) is 0 Å². The smallest absolute Gasteiger partial charge is 0.261 e. The maximum Gasteiger partial charge on any atom is 0.261 e. The minimum Gasteiger partial charge on any atom is -0.310 e. The molecule has 0 saturated heterocycles. The average Bonchev–Trinajstić information content (AvgIpc) is 3.25. The lowest BCUT2D eigenvalue weighted by molar-refractivity contribution is -0.123. The number of aryl methyl sites for hydroxylation is 2. The van der Waals surface area contributed by atoms with Crippen molar-refractivity contribution in [2.24, 2.45) is 0 Å². The maximum atomic E-state index is 13.7. The Morgan fingerprint density at radius 2 is 1.03 bits per heavy atom. The molecule has 6 nitrogen and oxygen atoms in total. The summed E-state index contributed by atoms with van der Waals surface area (Å²) in [4.78, 5) is 39.7. The van der Waals surface area contributed by atoms with Crippen LogP contribution in [0.1, 0.15) is 22.3 Å². The van der Waals surface area contributed by atoms with Gasteiger partial charge in [-0.3, -0.25) is 19.6 Å². The summed E-state index contributed by atoms with van der Waals surface area (Å²) in [5.41, 5.74) is 7.32. The van der Waals surface area contributed by atoms with Crippen LogP contribution in [0, 0.1) is 13.8 Å². The van der Waals surface area contributed by atoms with Crippen LogP contribution in [-0.4, -0.2) is 45.7 Å². The number of pyridine rings is 2. The van der Waals surface area contributed by atoms with Gasteiger partial charge in [-0.1, -0.05) is 36.4 Å². The van der Waals surface area contributed by atoms with E-state index in [2.05, 4.69) is 9.97 Å². The van der Waals surface area contributed by atoms with Crippen LogP contribution >= 0.6 is 0 Å². The van der Waals surface area contributed by atoms with Gasteiger partial charge >= 0.3 is 0 Å². The van der Waals surface area contributed by atoms with Crippen LogP contribution in [0.15, 0.2) is 72.1 Å². The molecular weight excluding hydrogens is 424 g/mol. The van der Waals surface area contributed by atoms with Gasteiger partial charge < -0.3 is 9.80 Å². The molecule has 2 aromatic carbocycles. The van der Waals surface area contributed by atoms with Gasteiger partial charge in [0.15, 0.2) is 0 Å². The number of fused-ring (bicyclic) bond motifs is 3. The Morgan fingerprint density at radius 1 is 0.618 bits per heavy atom. The third-order valence-corrected chi connectivity index (χ3v) is 6.92. The first-order chi connectivity index (χ1) is 16.4. The number of rotatable bonds is 2. The van der Waals surface area contributed by atoms with Crippen molar-refractivity contribution < 1.29 is 9.59 Å². The van der Waals surface area contributed by atoms with E-state index in [1.54, 1.807) is 36.3 Å². The minimum atomic E-state index is -0.202. The molecule has 0 bridgehead atoms. The van der Waals surface area contributed by atoms with Crippen molar-refractivity contribution in [2.45, 2.75) is 13.8 Å². The van der Waals surface area contributed by atoms with E-state index in [1.807, 2.05) is 62.4 Å². The molecule has 4 heterocycles. The van der Waals surface area contributed by atoms with Crippen molar-refractivity contribution in [3.8, 4) is 0 Å². The Balaban J connectivity index is 1.69. The van der Waals surface area contributed by atoms with Crippen LogP contribution in [0.3, 0.4) is 0 Å². The van der Waals surface area contributed by atoms with E-state index in [0.717, 1.165) is 44.1 Å². The highest BCUT2D eigenvalue weighted by Crippen LogP contribution is 2.47. The number of benzene rings is 2. The predicted molar refractivity (Wildman–Crippen MR) is 132 cm³/mol. The van der Waals surface area contributed by atoms with E-state index in [4.69, 9.17) is 0 Å². The Bertz CT molecular complexity index is 1520. The van der Waals surface area contributed by atoms with Crippen LogP contribution in [0.5, 0.6) is 0 Å². The molecule has 2 aromatic heterocycles. The van der Waals surface area contributed by atoms with Gasteiger partial charge in [0.2, 0.25) is 0 Å². The summed E-state index contributed by atoms with van der Waals surface area (Å²) in [5, 5.41) is 2.00. The highest BCUT2D eigenvalue weighted by molar-refractivity contribution is 6.31. The average molecular weight is 447 g/mol. The molecule has 0 radical (unpaired) electrons. The lowest BCUT2D eigenvalue weighted by atomic mass is 9.97. The number of likely N-dealkylation sites (N-methyl/N-ethyl adjacent to an activating group) is 2. The van der Waals surface area contributed by atoms with Gasteiger partial charge in [-0.05, 0) is 37.1 Å². The molecule has 0 aliphatic carbocycles. The van der Waals surface area contributed by atoms with E-state index in [0.29, 0.717) is 22.5 Å². The van der Waals surface area contributed by atoms with Crippen LogP contribution in [0.25, 0.3) is 33.2 Å². The van der Waals surface area contributed by atoms with Gasteiger partial charge in [0.1, 0.15) is 0 Å². The number of nitrogens with zero attached hydrogens (tertiary/aromatic N) is 4. The summed E-state index contributed by atoms with van der Waals surface area (Å²) < 4.78 is 0. The van der Waals surface area contributed by atoms with Gasteiger partial charge in [-0.15, -0.1) is 0 Å². The quantitative estimate of drug-likeness (QED) is 0.456. The van der Waals surface area contributed by atoms with Gasteiger partial charge in [0, 0.05) is 48.4 Å². The topological polar surface area (TPSA) is 66.4 Å². The summed E-state index contributed by atoms with van der Waals surface area (Å²) in [6.07, 6.45) is 3.48. The zero-order chi connectivity index (χ0) is 23.7. The molecule has 0 spiro atoms. The number of hydrogen-bond donors (Lipinski definition) is 0. The van der Waals surface area contributed by atoms with E-state index in [1.165, 1.54) is 0 Å². The van der Waals surface area contributed by atoms with Crippen molar-refractivity contribution in [1.29, 1.82) is 0 Å². The molecule has 2 aliphatic rings. The van der Waals surface area contributed by atoms with Crippen LogP contribution in [-0.2, 0) is 9.59 Å². The monoisotopic (exact) mass is 446 g/mol. The number of amides is 2. The predicted octanol–water partition coefficient (Wildman–Crippen LogP) is 4.47. The molecule has 0 unspecified atom stereocenters. The largest absolute Gasteiger partial charge is 0.310 e. The summed E-state index contributed by atoms with van der Waals surface area (Å²) in [5.74, 6) is -0.404. The molecule has 2 aliphatic heterocycles. The second kappa shape index (κ2) is 7.09. The molecule has 166 valence electrons. The van der Waals surface area contributed by atoms with E-state index >= 15 is 0 Å². The molecule has 0 saturated carbocycles. The zero-order valence-corrected chi connectivity index (χ0v) is 19.4. The van der Waals surface area contributed by atoms with Crippen LogP contribution < -0.4 is 0 Å². The van der Waals surface area contributed by atoms with Gasteiger partial charge in [-0.25, -0.2) is 0 Å². The molecule has 4 aromatic rings. The second-order valence-corrected chi connectivity index (χ2v) is 8.83. The fourth-order valence-electron chi connectivity index (χ4n) is 5.17. The molecule has 0 N–H and O–H groups in total. The molecular formula is C28H22N4O2. The van der Waals surface area contributed by atoms with E-state index in [9.17, 15) is 9.59 Å². The summed E-state index contributed by atoms with van der Waals surface area (Å²) in [7, 11) is 3.45. The Labute approximate surface area is 196 Å². The Morgan fingerprint density at radius 3 is 1.44 bits per heavy atom. The van der Waals surface area contributed by atoms with Gasteiger partial charge in [0.05, 0.1) is 33.6 Å². The number of carbonyl (C=O) groups is 2.